The molecule has 3 nitrogen and oxygen atoms in total. The number of nitriles is 1. The van der Waals surface area contributed by atoms with Crippen LogP contribution in [0.15, 0.2) is 65.1 Å². The molecule has 0 atom stereocenters. The van der Waals surface area contributed by atoms with Crippen LogP contribution in [0.5, 0.6) is 11.5 Å². The molecule has 146 valence electrons. The number of hydrogen-bond donors (Lipinski definition) is 0. The lowest BCUT2D eigenvalue weighted by molar-refractivity contribution is 0.305. The third-order valence-corrected chi connectivity index (χ3v) is 5.27. The summed E-state index contributed by atoms with van der Waals surface area (Å²) in [4.78, 5) is 0. The van der Waals surface area contributed by atoms with Crippen LogP contribution in [0.25, 0.3) is 11.6 Å². The number of hydrogen-bond acceptors (Lipinski definition) is 3. The van der Waals surface area contributed by atoms with Gasteiger partial charge in [0.25, 0.3) is 0 Å². The average molecular weight is 489 g/mol. The number of rotatable bonds is 6. The fourth-order valence-electron chi connectivity index (χ4n) is 2.66. The summed E-state index contributed by atoms with van der Waals surface area (Å²) in [6, 6.07) is 20.5. The third-order valence-electron chi connectivity index (χ3n) is 4.19. The van der Waals surface area contributed by atoms with Crippen LogP contribution in [-0.2, 0) is 6.61 Å². The van der Waals surface area contributed by atoms with Crippen molar-refractivity contribution >= 4 is 50.8 Å². The van der Waals surface area contributed by atoms with Crippen LogP contribution in [0.1, 0.15) is 16.7 Å². The van der Waals surface area contributed by atoms with Gasteiger partial charge in [-0.15, -0.1) is 0 Å². The molecule has 0 aliphatic carbocycles. The number of benzene rings is 3. The van der Waals surface area contributed by atoms with Gasteiger partial charge in [-0.05, 0) is 66.2 Å². The molecule has 0 aromatic heterocycles. The van der Waals surface area contributed by atoms with Crippen LogP contribution in [0, 0.1) is 11.3 Å². The number of methoxy groups -OCH3 is 1. The molecule has 3 aromatic rings. The van der Waals surface area contributed by atoms with Crippen molar-refractivity contribution in [1.82, 2.24) is 0 Å². The maximum Gasteiger partial charge on any atom is 0.127 e. The molecule has 0 bridgehead atoms. The van der Waals surface area contributed by atoms with Gasteiger partial charge in [-0.1, -0.05) is 45.2 Å². The molecule has 0 aliphatic rings. The van der Waals surface area contributed by atoms with E-state index in [-0.39, 0.29) is 6.61 Å². The smallest absolute Gasteiger partial charge is 0.127 e. The topological polar surface area (TPSA) is 42.2 Å². The van der Waals surface area contributed by atoms with E-state index >= 15 is 0 Å². The Morgan fingerprint density at radius 1 is 1.07 bits per heavy atom. The summed E-state index contributed by atoms with van der Waals surface area (Å²) in [6.07, 6.45) is 1.80. The summed E-state index contributed by atoms with van der Waals surface area (Å²) in [7, 11) is 1.61. The van der Waals surface area contributed by atoms with Gasteiger partial charge in [-0.3, -0.25) is 0 Å². The van der Waals surface area contributed by atoms with Crippen LogP contribution in [0.2, 0.25) is 10.0 Å². The Balaban J connectivity index is 1.90. The lowest BCUT2D eigenvalue weighted by Crippen LogP contribution is -1.98. The Morgan fingerprint density at radius 2 is 1.83 bits per heavy atom. The molecule has 0 heterocycles. The van der Waals surface area contributed by atoms with Crippen molar-refractivity contribution in [2.45, 2.75) is 6.61 Å². The second-order valence-electron chi connectivity index (χ2n) is 6.10. The summed E-state index contributed by atoms with van der Waals surface area (Å²) in [5.41, 5.74) is 2.90. The van der Waals surface area contributed by atoms with Gasteiger partial charge in [-0.25, -0.2) is 0 Å². The van der Waals surface area contributed by atoms with E-state index in [2.05, 4.69) is 22.0 Å². The van der Waals surface area contributed by atoms with E-state index in [0.29, 0.717) is 21.4 Å². The molecule has 3 rings (SSSR count). The van der Waals surface area contributed by atoms with Crippen LogP contribution in [-0.4, -0.2) is 7.11 Å². The zero-order chi connectivity index (χ0) is 20.8. The molecule has 0 unspecified atom stereocenters. The summed E-state index contributed by atoms with van der Waals surface area (Å²) < 4.78 is 12.1. The van der Waals surface area contributed by atoms with Crippen molar-refractivity contribution in [3.63, 3.8) is 0 Å². The van der Waals surface area contributed by atoms with Crippen LogP contribution >= 0.6 is 39.1 Å². The molecular weight excluding hydrogens is 473 g/mol. The predicted octanol–water partition coefficient (Wildman–Crippen LogP) is 7.41. The Hall–Kier alpha value is -2.45. The first kappa shape index (κ1) is 21.3. The SMILES string of the molecule is COc1ccc(/C(C#N)=C/c2cc(Br)ccc2OCc2ccc(Cl)cc2Cl)cc1. The van der Waals surface area contributed by atoms with E-state index in [9.17, 15) is 5.26 Å². The van der Waals surface area contributed by atoms with Crippen molar-refractivity contribution < 1.29 is 9.47 Å². The second kappa shape index (κ2) is 9.84. The van der Waals surface area contributed by atoms with E-state index in [1.807, 2.05) is 48.5 Å². The first-order chi connectivity index (χ1) is 14.0. The largest absolute Gasteiger partial charge is 0.497 e. The Morgan fingerprint density at radius 3 is 2.48 bits per heavy atom. The molecule has 6 heteroatoms. The van der Waals surface area contributed by atoms with Gasteiger partial charge >= 0.3 is 0 Å². The van der Waals surface area contributed by atoms with Gasteiger partial charge in [-0.2, -0.15) is 5.26 Å². The average Bonchev–Trinajstić information content (AvgIpc) is 2.72. The monoisotopic (exact) mass is 487 g/mol. The number of ether oxygens (including phenoxy) is 2. The van der Waals surface area contributed by atoms with Gasteiger partial charge in [0.15, 0.2) is 0 Å². The van der Waals surface area contributed by atoms with Crippen molar-refractivity contribution in [2.75, 3.05) is 7.11 Å². The molecule has 0 N–H and O–H groups in total. The molecule has 0 aliphatic heterocycles. The number of allylic oxidation sites excluding steroid dienone is 1. The summed E-state index contributed by atoms with van der Waals surface area (Å²) in [5, 5.41) is 10.8. The maximum atomic E-state index is 9.67. The predicted molar refractivity (Wildman–Crippen MR) is 121 cm³/mol. The quantitative estimate of drug-likeness (QED) is 0.268. The minimum atomic E-state index is 0.281. The fourth-order valence-corrected chi connectivity index (χ4v) is 3.51. The minimum Gasteiger partial charge on any atom is -0.497 e. The lowest BCUT2D eigenvalue weighted by atomic mass is 10.0. The molecule has 3 aromatic carbocycles. The van der Waals surface area contributed by atoms with Gasteiger partial charge in [0, 0.05) is 25.6 Å². The Labute approximate surface area is 188 Å². The molecule has 0 amide bonds. The van der Waals surface area contributed by atoms with Crippen molar-refractivity contribution in [3.05, 3.63) is 91.9 Å². The summed E-state index contributed by atoms with van der Waals surface area (Å²) in [6.45, 7) is 0.281. The summed E-state index contributed by atoms with van der Waals surface area (Å²) >= 11 is 15.7. The van der Waals surface area contributed by atoms with E-state index in [0.717, 1.165) is 26.9 Å². The van der Waals surface area contributed by atoms with E-state index in [4.69, 9.17) is 32.7 Å². The highest BCUT2D eigenvalue weighted by Gasteiger charge is 2.09. The molecule has 0 saturated carbocycles. The molecule has 0 radical (unpaired) electrons. The molecule has 0 fully saturated rings. The number of nitrogens with zero attached hydrogens (tertiary/aromatic N) is 1. The van der Waals surface area contributed by atoms with E-state index in [1.54, 1.807) is 25.3 Å². The zero-order valence-corrected chi connectivity index (χ0v) is 18.6. The van der Waals surface area contributed by atoms with E-state index < -0.39 is 0 Å². The lowest BCUT2D eigenvalue weighted by Gasteiger charge is -2.12. The van der Waals surface area contributed by atoms with E-state index in [1.165, 1.54) is 0 Å². The van der Waals surface area contributed by atoms with Gasteiger partial charge < -0.3 is 9.47 Å². The van der Waals surface area contributed by atoms with Crippen molar-refractivity contribution in [1.29, 1.82) is 5.26 Å². The van der Waals surface area contributed by atoms with Gasteiger partial charge in [0.2, 0.25) is 0 Å². The minimum absolute atomic E-state index is 0.281. The Kier molecular flexibility index (Phi) is 7.22. The first-order valence-electron chi connectivity index (χ1n) is 8.62. The first-order valence-corrected chi connectivity index (χ1v) is 10.2. The standard InChI is InChI=1S/C23H16BrCl2NO2/c1-28-21-7-3-15(4-8-21)18(13-27)10-17-11-19(24)5-9-23(17)29-14-16-2-6-20(25)12-22(16)26/h2-12H,14H2,1H3/b18-10+. The number of halogens is 3. The molecule has 0 spiro atoms. The fraction of sp³-hybridized carbons (Fsp3) is 0.0870. The third kappa shape index (κ3) is 5.55. The van der Waals surface area contributed by atoms with Crippen LogP contribution in [0.3, 0.4) is 0 Å². The highest BCUT2D eigenvalue weighted by molar-refractivity contribution is 9.10. The second-order valence-corrected chi connectivity index (χ2v) is 7.86. The highest BCUT2D eigenvalue weighted by atomic mass is 79.9. The van der Waals surface area contributed by atoms with Crippen molar-refractivity contribution in [2.24, 2.45) is 0 Å². The molecule has 29 heavy (non-hydrogen) atoms. The molecular formula is C23H16BrCl2NO2. The van der Waals surface area contributed by atoms with Crippen LogP contribution < -0.4 is 9.47 Å². The molecule has 0 saturated heterocycles. The van der Waals surface area contributed by atoms with Gasteiger partial charge in [0.05, 0.1) is 18.8 Å². The zero-order valence-electron chi connectivity index (χ0n) is 15.5. The highest BCUT2D eigenvalue weighted by Crippen LogP contribution is 2.30. The summed E-state index contributed by atoms with van der Waals surface area (Å²) in [5.74, 6) is 1.37. The Bertz CT molecular complexity index is 1090. The van der Waals surface area contributed by atoms with Crippen molar-refractivity contribution in [3.8, 4) is 17.6 Å². The van der Waals surface area contributed by atoms with Gasteiger partial charge in [0.1, 0.15) is 18.1 Å². The normalized spacial score (nSPS) is 11.1. The maximum absolute atomic E-state index is 9.67. The van der Waals surface area contributed by atoms with Crippen LogP contribution in [0.4, 0.5) is 0 Å².